The number of hydrogen-bond donors (Lipinski definition) is 1. The molecular formula is C15H25N3O3. The maximum absolute atomic E-state index is 11.7. The SMILES string of the molecule is COCCC(=O)NC1CCN(Cc2c(C)noc2C)CC1. The van der Waals surface area contributed by atoms with E-state index in [9.17, 15) is 4.79 Å². The van der Waals surface area contributed by atoms with Crippen LogP contribution < -0.4 is 5.32 Å². The Balaban J connectivity index is 1.74. The van der Waals surface area contributed by atoms with Crippen molar-refractivity contribution in [2.75, 3.05) is 26.8 Å². The lowest BCUT2D eigenvalue weighted by Crippen LogP contribution is -2.44. The van der Waals surface area contributed by atoms with Crippen LogP contribution in [0.5, 0.6) is 0 Å². The predicted octanol–water partition coefficient (Wildman–Crippen LogP) is 1.41. The second-order valence-electron chi connectivity index (χ2n) is 5.66. The van der Waals surface area contributed by atoms with E-state index in [0.717, 1.165) is 43.9 Å². The molecule has 0 spiro atoms. The van der Waals surface area contributed by atoms with Gasteiger partial charge < -0.3 is 14.6 Å². The molecule has 0 saturated carbocycles. The summed E-state index contributed by atoms with van der Waals surface area (Å²) in [6.07, 6.45) is 2.42. The number of piperidine rings is 1. The second kappa shape index (κ2) is 7.56. The fraction of sp³-hybridized carbons (Fsp3) is 0.733. The topological polar surface area (TPSA) is 67.6 Å². The van der Waals surface area contributed by atoms with E-state index in [2.05, 4.69) is 15.4 Å². The van der Waals surface area contributed by atoms with Crippen LogP contribution in [0.3, 0.4) is 0 Å². The second-order valence-corrected chi connectivity index (χ2v) is 5.66. The van der Waals surface area contributed by atoms with Gasteiger partial charge >= 0.3 is 0 Å². The minimum atomic E-state index is 0.0843. The Morgan fingerprint density at radius 2 is 2.14 bits per heavy atom. The number of rotatable bonds is 6. The highest BCUT2D eigenvalue weighted by molar-refractivity contribution is 5.76. The first-order chi connectivity index (χ1) is 10.1. The number of hydrogen-bond acceptors (Lipinski definition) is 5. The lowest BCUT2D eigenvalue weighted by molar-refractivity contribution is -0.123. The smallest absolute Gasteiger partial charge is 0.222 e. The van der Waals surface area contributed by atoms with Gasteiger partial charge in [0.15, 0.2) is 0 Å². The van der Waals surface area contributed by atoms with Gasteiger partial charge in [-0.15, -0.1) is 0 Å². The van der Waals surface area contributed by atoms with E-state index >= 15 is 0 Å². The Hall–Kier alpha value is -1.40. The van der Waals surface area contributed by atoms with E-state index in [-0.39, 0.29) is 11.9 Å². The van der Waals surface area contributed by atoms with Crippen LogP contribution >= 0.6 is 0 Å². The first-order valence-electron chi connectivity index (χ1n) is 7.52. The number of nitrogens with one attached hydrogen (secondary N) is 1. The van der Waals surface area contributed by atoms with Crippen LogP contribution in [0.2, 0.25) is 0 Å². The first-order valence-corrected chi connectivity index (χ1v) is 7.52. The summed E-state index contributed by atoms with van der Waals surface area (Å²) < 4.78 is 10.1. The molecule has 1 saturated heterocycles. The molecule has 1 amide bonds. The molecule has 1 N–H and O–H groups in total. The van der Waals surface area contributed by atoms with Crippen LogP contribution in [0.15, 0.2) is 4.52 Å². The Morgan fingerprint density at radius 1 is 1.43 bits per heavy atom. The minimum Gasteiger partial charge on any atom is -0.384 e. The van der Waals surface area contributed by atoms with Gasteiger partial charge in [0.2, 0.25) is 5.91 Å². The van der Waals surface area contributed by atoms with E-state index < -0.39 is 0 Å². The fourth-order valence-corrected chi connectivity index (χ4v) is 2.68. The van der Waals surface area contributed by atoms with Crippen LogP contribution in [0.4, 0.5) is 0 Å². The molecule has 6 nitrogen and oxygen atoms in total. The number of likely N-dealkylation sites (tertiary alicyclic amines) is 1. The standard InChI is InChI=1S/C15H25N3O3/c1-11-14(12(2)21-17-11)10-18-7-4-13(5-8-18)16-15(19)6-9-20-3/h13H,4-10H2,1-3H3,(H,16,19). The molecule has 1 aromatic rings. The summed E-state index contributed by atoms with van der Waals surface area (Å²) in [4.78, 5) is 14.1. The van der Waals surface area contributed by atoms with E-state index in [0.29, 0.717) is 13.0 Å². The van der Waals surface area contributed by atoms with Crippen molar-refractivity contribution >= 4 is 5.91 Å². The van der Waals surface area contributed by atoms with E-state index in [4.69, 9.17) is 9.26 Å². The number of nitrogens with zero attached hydrogens (tertiary/aromatic N) is 2. The van der Waals surface area contributed by atoms with Crippen LogP contribution in [0.25, 0.3) is 0 Å². The van der Waals surface area contributed by atoms with Crippen molar-refractivity contribution in [3.63, 3.8) is 0 Å². The van der Waals surface area contributed by atoms with Crippen LogP contribution in [-0.4, -0.2) is 48.8 Å². The Morgan fingerprint density at radius 3 is 2.71 bits per heavy atom. The van der Waals surface area contributed by atoms with Crippen molar-refractivity contribution in [1.29, 1.82) is 0 Å². The molecule has 1 aromatic heterocycles. The summed E-state index contributed by atoms with van der Waals surface area (Å²) in [6, 6.07) is 0.287. The molecule has 0 aliphatic carbocycles. The van der Waals surface area contributed by atoms with E-state index in [1.54, 1.807) is 7.11 Å². The molecule has 1 fully saturated rings. The van der Waals surface area contributed by atoms with Gasteiger partial charge in [-0.25, -0.2) is 0 Å². The highest BCUT2D eigenvalue weighted by Crippen LogP contribution is 2.18. The third-order valence-corrected chi connectivity index (χ3v) is 4.05. The summed E-state index contributed by atoms with van der Waals surface area (Å²) in [6.45, 7) is 7.27. The van der Waals surface area contributed by atoms with E-state index in [1.807, 2.05) is 13.8 Å². The van der Waals surface area contributed by atoms with Gasteiger partial charge in [-0.3, -0.25) is 9.69 Å². The summed E-state index contributed by atoms with van der Waals surface area (Å²) in [7, 11) is 1.61. The average molecular weight is 295 g/mol. The van der Waals surface area contributed by atoms with Gasteiger partial charge in [-0.2, -0.15) is 0 Å². The first kappa shape index (κ1) is 16.0. The molecule has 2 rings (SSSR count). The number of methoxy groups -OCH3 is 1. The molecule has 6 heteroatoms. The molecule has 1 aliphatic heterocycles. The zero-order chi connectivity index (χ0) is 15.2. The molecule has 0 unspecified atom stereocenters. The molecule has 0 aromatic carbocycles. The number of ether oxygens (including phenoxy) is 1. The molecular weight excluding hydrogens is 270 g/mol. The molecule has 0 bridgehead atoms. The number of aryl methyl sites for hydroxylation is 2. The third kappa shape index (κ3) is 4.54. The Bertz CT molecular complexity index is 445. The number of aromatic nitrogens is 1. The van der Waals surface area contributed by atoms with Crippen molar-refractivity contribution in [2.24, 2.45) is 0 Å². The zero-order valence-corrected chi connectivity index (χ0v) is 13.1. The van der Waals surface area contributed by atoms with Crippen LogP contribution in [0, 0.1) is 13.8 Å². The van der Waals surface area contributed by atoms with Gasteiger partial charge in [-0.1, -0.05) is 5.16 Å². The van der Waals surface area contributed by atoms with Gasteiger partial charge in [0.1, 0.15) is 5.76 Å². The van der Waals surface area contributed by atoms with Crippen molar-refractivity contribution in [1.82, 2.24) is 15.4 Å². The van der Waals surface area contributed by atoms with Gasteiger partial charge in [0, 0.05) is 44.8 Å². The van der Waals surface area contributed by atoms with Gasteiger partial charge in [0.05, 0.1) is 12.3 Å². The number of carbonyl (C=O) groups is 1. The Kier molecular flexibility index (Phi) is 5.76. The lowest BCUT2D eigenvalue weighted by Gasteiger charge is -2.32. The Labute approximate surface area is 125 Å². The van der Waals surface area contributed by atoms with Crippen molar-refractivity contribution < 1.29 is 14.1 Å². The molecule has 2 heterocycles. The van der Waals surface area contributed by atoms with Crippen molar-refractivity contribution in [2.45, 2.75) is 45.7 Å². The maximum Gasteiger partial charge on any atom is 0.222 e. The van der Waals surface area contributed by atoms with Crippen molar-refractivity contribution in [3.05, 3.63) is 17.0 Å². The fourth-order valence-electron chi connectivity index (χ4n) is 2.68. The molecule has 0 radical (unpaired) electrons. The maximum atomic E-state index is 11.7. The highest BCUT2D eigenvalue weighted by atomic mass is 16.5. The summed E-state index contributed by atoms with van der Waals surface area (Å²) in [5.41, 5.74) is 2.17. The summed E-state index contributed by atoms with van der Waals surface area (Å²) >= 11 is 0. The molecule has 118 valence electrons. The number of carbonyl (C=O) groups excluding carboxylic acids is 1. The monoisotopic (exact) mass is 295 g/mol. The molecule has 0 atom stereocenters. The largest absolute Gasteiger partial charge is 0.384 e. The summed E-state index contributed by atoms with van der Waals surface area (Å²) in [5.74, 6) is 0.989. The normalized spacial score (nSPS) is 17.1. The third-order valence-electron chi connectivity index (χ3n) is 4.05. The average Bonchev–Trinajstić information content (AvgIpc) is 2.79. The van der Waals surface area contributed by atoms with Crippen LogP contribution in [0.1, 0.15) is 36.3 Å². The molecule has 1 aliphatic rings. The number of amides is 1. The predicted molar refractivity (Wildman–Crippen MR) is 78.9 cm³/mol. The lowest BCUT2D eigenvalue weighted by atomic mass is 10.0. The van der Waals surface area contributed by atoms with E-state index in [1.165, 1.54) is 5.56 Å². The highest BCUT2D eigenvalue weighted by Gasteiger charge is 2.22. The zero-order valence-electron chi connectivity index (χ0n) is 13.1. The van der Waals surface area contributed by atoms with Crippen molar-refractivity contribution in [3.8, 4) is 0 Å². The van der Waals surface area contributed by atoms with Gasteiger partial charge in [-0.05, 0) is 26.7 Å². The minimum absolute atomic E-state index is 0.0843. The van der Waals surface area contributed by atoms with Crippen LogP contribution in [-0.2, 0) is 16.1 Å². The quantitative estimate of drug-likeness (QED) is 0.859. The molecule has 21 heavy (non-hydrogen) atoms. The van der Waals surface area contributed by atoms with Gasteiger partial charge in [0.25, 0.3) is 0 Å². The summed E-state index contributed by atoms with van der Waals surface area (Å²) in [5, 5.41) is 7.07.